The third kappa shape index (κ3) is 4.21. The molecule has 0 saturated carbocycles. The Bertz CT molecular complexity index is 348. The molecule has 1 unspecified atom stereocenters. The molecule has 1 N–H and O–H groups in total. The highest BCUT2D eigenvalue weighted by Crippen LogP contribution is 2.17. The van der Waals surface area contributed by atoms with E-state index in [0.29, 0.717) is 13.1 Å². The van der Waals surface area contributed by atoms with Crippen LogP contribution in [-0.4, -0.2) is 64.5 Å². The number of carboxylic acid groups (broad SMARTS) is 1. The molecule has 0 bridgehead atoms. The summed E-state index contributed by atoms with van der Waals surface area (Å²) in [6.45, 7) is 2.85. The van der Waals surface area contributed by atoms with Gasteiger partial charge in [-0.3, -0.25) is 14.4 Å². The fourth-order valence-electron chi connectivity index (χ4n) is 1.64. The van der Waals surface area contributed by atoms with E-state index in [1.165, 1.54) is 16.7 Å². The number of carbonyl (C=O) groups excluding carboxylic acids is 2. The van der Waals surface area contributed by atoms with Crippen molar-refractivity contribution in [2.75, 3.05) is 32.4 Å². The minimum Gasteiger partial charge on any atom is -0.481 e. The minimum absolute atomic E-state index is 0.0179. The molecule has 0 radical (unpaired) electrons. The second-order valence-corrected chi connectivity index (χ2v) is 5.41. The van der Waals surface area contributed by atoms with E-state index < -0.39 is 11.9 Å². The Hall–Kier alpha value is -1.24. The van der Waals surface area contributed by atoms with Gasteiger partial charge in [0.25, 0.3) is 5.24 Å². The van der Waals surface area contributed by atoms with Crippen LogP contribution in [0.15, 0.2) is 0 Å². The quantitative estimate of drug-likeness (QED) is 0.772. The summed E-state index contributed by atoms with van der Waals surface area (Å²) in [4.78, 5) is 36.8. The molecule has 0 aromatic carbocycles. The normalized spacial score (nSPS) is 16.8. The maximum Gasteiger partial charge on any atom is 0.308 e. The molecule has 0 spiro atoms. The largest absolute Gasteiger partial charge is 0.481 e. The lowest BCUT2D eigenvalue weighted by atomic mass is 10.1. The lowest BCUT2D eigenvalue weighted by Crippen LogP contribution is -2.36. The van der Waals surface area contributed by atoms with Crippen molar-refractivity contribution in [3.63, 3.8) is 0 Å². The molecule has 2 amide bonds. The number of hydrogen-bond acceptors (Lipinski definition) is 4. The number of rotatable bonds is 6. The van der Waals surface area contributed by atoms with Crippen molar-refractivity contribution in [1.82, 2.24) is 9.80 Å². The summed E-state index contributed by atoms with van der Waals surface area (Å²) in [6.07, 6.45) is 0.245. The van der Waals surface area contributed by atoms with Crippen LogP contribution in [0.4, 0.5) is 4.79 Å². The monoisotopic (exact) mass is 274 g/mol. The number of nitrogens with zero attached hydrogens (tertiary/aromatic N) is 2. The fraction of sp³-hybridized carbons (Fsp3) is 0.727. The van der Waals surface area contributed by atoms with Gasteiger partial charge in [-0.15, -0.1) is 0 Å². The van der Waals surface area contributed by atoms with E-state index in [2.05, 4.69) is 0 Å². The average Bonchev–Trinajstić information content (AvgIpc) is 2.71. The Balaban J connectivity index is 2.31. The van der Waals surface area contributed by atoms with Crippen LogP contribution in [0.5, 0.6) is 0 Å². The highest BCUT2D eigenvalue weighted by atomic mass is 32.2. The van der Waals surface area contributed by atoms with Crippen molar-refractivity contribution in [2.24, 2.45) is 5.92 Å². The molecular weight excluding hydrogens is 256 g/mol. The van der Waals surface area contributed by atoms with Crippen molar-refractivity contribution in [3.8, 4) is 0 Å². The molecule has 18 heavy (non-hydrogen) atoms. The molecule has 6 nitrogen and oxygen atoms in total. The van der Waals surface area contributed by atoms with Crippen LogP contribution >= 0.6 is 11.8 Å². The number of amides is 2. The number of thioether (sulfide) groups is 1. The second-order valence-electron chi connectivity index (χ2n) is 4.36. The smallest absolute Gasteiger partial charge is 0.308 e. The minimum atomic E-state index is -0.916. The van der Waals surface area contributed by atoms with Gasteiger partial charge in [0, 0.05) is 38.9 Å². The van der Waals surface area contributed by atoms with Gasteiger partial charge in [0.15, 0.2) is 0 Å². The first-order chi connectivity index (χ1) is 8.41. The highest BCUT2D eigenvalue weighted by Gasteiger charge is 2.23. The fourth-order valence-corrected chi connectivity index (χ4v) is 2.49. The molecule has 1 fully saturated rings. The lowest BCUT2D eigenvalue weighted by molar-refractivity contribution is -0.142. The van der Waals surface area contributed by atoms with Gasteiger partial charge in [0.1, 0.15) is 0 Å². The summed E-state index contributed by atoms with van der Waals surface area (Å²) in [6, 6.07) is 0. The zero-order chi connectivity index (χ0) is 13.7. The third-order valence-corrected chi connectivity index (χ3v) is 3.73. The van der Waals surface area contributed by atoms with E-state index in [4.69, 9.17) is 5.11 Å². The molecular formula is C11H18N2O4S. The zero-order valence-corrected chi connectivity index (χ0v) is 11.4. The summed E-state index contributed by atoms with van der Waals surface area (Å²) in [5.41, 5.74) is 0. The van der Waals surface area contributed by atoms with E-state index in [-0.39, 0.29) is 24.1 Å². The van der Waals surface area contributed by atoms with Crippen molar-refractivity contribution < 1.29 is 19.5 Å². The number of carbonyl (C=O) groups is 3. The molecule has 0 aromatic heterocycles. The number of carboxylic acids is 1. The molecule has 1 rings (SSSR count). The third-order valence-electron chi connectivity index (χ3n) is 2.84. The standard InChI is InChI=1S/C11H18N2O4S/c1-8(10(15)16)7-12(2)9(14)3-4-13-5-6-18-11(13)17/h8H,3-7H2,1-2H3,(H,15,16). The van der Waals surface area contributed by atoms with Crippen molar-refractivity contribution in [2.45, 2.75) is 13.3 Å². The van der Waals surface area contributed by atoms with Crippen molar-refractivity contribution in [3.05, 3.63) is 0 Å². The Morgan fingerprint density at radius 1 is 1.56 bits per heavy atom. The first-order valence-electron chi connectivity index (χ1n) is 5.80. The first kappa shape index (κ1) is 14.8. The molecule has 1 aliphatic heterocycles. The second kappa shape index (κ2) is 6.63. The van der Waals surface area contributed by atoms with E-state index in [1.807, 2.05) is 0 Å². The summed E-state index contributed by atoms with van der Waals surface area (Å²) < 4.78 is 0. The maximum atomic E-state index is 11.8. The van der Waals surface area contributed by atoms with Crippen LogP contribution in [0, 0.1) is 5.92 Å². The van der Waals surface area contributed by atoms with E-state index in [9.17, 15) is 14.4 Å². The maximum absolute atomic E-state index is 11.8. The van der Waals surface area contributed by atoms with E-state index in [1.54, 1.807) is 18.9 Å². The molecule has 1 atom stereocenters. The number of aliphatic carboxylic acids is 1. The van der Waals surface area contributed by atoms with Crippen LogP contribution in [0.2, 0.25) is 0 Å². The molecule has 0 aliphatic carbocycles. The van der Waals surface area contributed by atoms with E-state index >= 15 is 0 Å². The molecule has 102 valence electrons. The summed E-state index contributed by atoms with van der Waals surface area (Å²) in [5, 5.41) is 8.77. The average molecular weight is 274 g/mol. The van der Waals surface area contributed by atoms with Crippen LogP contribution in [0.3, 0.4) is 0 Å². The summed E-state index contributed by atoms with van der Waals surface area (Å²) >= 11 is 1.26. The Labute approximate surface area is 110 Å². The van der Waals surface area contributed by atoms with Gasteiger partial charge < -0.3 is 14.9 Å². The summed E-state index contributed by atoms with van der Waals surface area (Å²) in [7, 11) is 1.59. The van der Waals surface area contributed by atoms with Crippen LogP contribution in [0.1, 0.15) is 13.3 Å². The molecule has 1 heterocycles. The SMILES string of the molecule is CC(CN(C)C(=O)CCN1CCSC1=O)C(=O)O. The molecule has 1 saturated heterocycles. The van der Waals surface area contributed by atoms with Gasteiger partial charge in [0.2, 0.25) is 5.91 Å². The molecule has 1 aliphatic rings. The first-order valence-corrected chi connectivity index (χ1v) is 6.79. The van der Waals surface area contributed by atoms with Gasteiger partial charge in [0.05, 0.1) is 5.92 Å². The zero-order valence-electron chi connectivity index (χ0n) is 10.6. The van der Waals surface area contributed by atoms with Crippen LogP contribution < -0.4 is 0 Å². The number of hydrogen-bond donors (Lipinski definition) is 1. The van der Waals surface area contributed by atoms with Crippen LogP contribution in [0.25, 0.3) is 0 Å². The Kier molecular flexibility index (Phi) is 5.46. The van der Waals surface area contributed by atoms with Gasteiger partial charge in [-0.25, -0.2) is 0 Å². The molecule has 7 heteroatoms. The van der Waals surface area contributed by atoms with Gasteiger partial charge in [-0.2, -0.15) is 0 Å². The summed E-state index contributed by atoms with van der Waals surface area (Å²) in [5.74, 6) is -0.852. The van der Waals surface area contributed by atoms with Crippen LogP contribution in [-0.2, 0) is 9.59 Å². The predicted molar refractivity (Wildman–Crippen MR) is 68.5 cm³/mol. The van der Waals surface area contributed by atoms with Crippen molar-refractivity contribution in [1.29, 1.82) is 0 Å². The Morgan fingerprint density at radius 3 is 2.72 bits per heavy atom. The van der Waals surface area contributed by atoms with E-state index in [0.717, 1.165) is 5.75 Å². The van der Waals surface area contributed by atoms with Gasteiger partial charge in [-0.05, 0) is 0 Å². The highest BCUT2D eigenvalue weighted by molar-refractivity contribution is 8.13. The predicted octanol–water partition coefficient (Wildman–Crippen LogP) is 0.724. The molecule has 0 aromatic rings. The topological polar surface area (TPSA) is 77.9 Å². The van der Waals surface area contributed by atoms with Gasteiger partial charge in [-0.1, -0.05) is 18.7 Å². The Morgan fingerprint density at radius 2 is 2.22 bits per heavy atom. The lowest BCUT2D eigenvalue weighted by Gasteiger charge is -2.21. The van der Waals surface area contributed by atoms with Gasteiger partial charge >= 0.3 is 5.97 Å². The van der Waals surface area contributed by atoms with Crippen molar-refractivity contribution >= 4 is 28.9 Å².